The van der Waals surface area contributed by atoms with Gasteiger partial charge in [-0.15, -0.1) is 0 Å². The molecule has 0 bridgehead atoms. The maximum Gasteiger partial charge on any atom is 0.203 e. The van der Waals surface area contributed by atoms with Crippen molar-refractivity contribution in [2.24, 2.45) is 10.8 Å². The van der Waals surface area contributed by atoms with Gasteiger partial charge in [0.05, 0.1) is 67.1 Å². The molecule has 0 radical (unpaired) electrons. The number of aryl methyl sites for hydroxylation is 1. The number of rotatable bonds is 17. The van der Waals surface area contributed by atoms with Gasteiger partial charge < -0.3 is 42.1 Å². The van der Waals surface area contributed by atoms with Crippen LogP contribution in [-0.4, -0.2) is 5.11 Å². The van der Waals surface area contributed by atoms with Crippen LogP contribution in [0.15, 0.2) is 358 Å². The Morgan fingerprint density at radius 1 is 0.357 bits per heavy atom. The summed E-state index contributed by atoms with van der Waals surface area (Å²) < 4.78 is 165. The highest BCUT2D eigenvalue weighted by Gasteiger charge is 2.30. The zero-order valence-corrected chi connectivity index (χ0v) is 78.7. The number of fused-ring (bicyclic) bond motifs is 6. The Morgan fingerprint density at radius 2 is 0.664 bits per heavy atom. The van der Waals surface area contributed by atoms with Gasteiger partial charge in [0, 0.05) is 10.5 Å². The van der Waals surface area contributed by atoms with E-state index in [0.717, 1.165) is 28.8 Å². The highest BCUT2D eigenvalue weighted by Crippen LogP contribution is 2.41. The Hall–Kier alpha value is -15.4. The van der Waals surface area contributed by atoms with E-state index in [9.17, 15) is 73.4 Å². The molecule has 140 heavy (non-hydrogen) atoms. The van der Waals surface area contributed by atoms with Crippen LogP contribution in [0.3, 0.4) is 0 Å². The zero-order chi connectivity index (χ0) is 100. The topological polar surface area (TPSA) is 286 Å². The van der Waals surface area contributed by atoms with Crippen LogP contribution >= 0.6 is 31.9 Å². The average molecular weight is 2030 g/mol. The zero-order valence-electron chi connectivity index (χ0n) is 75.5. The molecule has 6 heterocycles. The van der Waals surface area contributed by atoms with Gasteiger partial charge in [-0.1, -0.05) is 232 Å². The molecule has 0 aliphatic rings. The van der Waals surface area contributed by atoms with Gasteiger partial charge in [0.25, 0.3) is 0 Å². The van der Waals surface area contributed by atoms with Crippen LogP contribution in [0.2, 0.25) is 0 Å². The summed E-state index contributed by atoms with van der Waals surface area (Å²) in [5.74, 6) is -3.84. The monoisotopic (exact) mass is 2020 g/mol. The van der Waals surface area contributed by atoms with Crippen LogP contribution in [-0.2, 0) is 11.3 Å². The van der Waals surface area contributed by atoms with Crippen molar-refractivity contribution in [1.82, 2.24) is 0 Å². The van der Waals surface area contributed by atoms with Crippen molar-refractivity contribution in [2.75, 3.05) is 0 Å². The number of aliphatic hydroxyl groups is 1. The Bertz CT molecular complexity index is 8300. The van der Waals surface area contributed by atoms with Crippen molar-refractivity contribution in [3.05, 3.63) is 467 Å². The molecule has 13 aromatic carbocycles. The molecule has 0 saturated heterocycles. The summed E-state index contributed by atoms with van der Waals surface area (Å²) in [5, 5.41) is 13.3. The van der Waals surface area contributed by atoms with Crippen LogP contribution in [0.4, 0.5) is 39.5 Å². The van der Waals surface area contributed by atoms with Gasteiger partial charge in [-0.3, -0.25) is 28.8 Å². The van der Waals surface area contributed by atoms with Crippen molar-refractivity contribution in [2.45, 2.75) is 95.4 Å². The first-order valence-electron chi connectivity index (χ1n) is 43.7. The number of benzene rings is 13. The summed E-state index contributed by atoms with van der Waals surface area (Å²) in [6.07, 6.45) is -0.680. The third kappa shape index (κ3) is 21.9. The van der Waals surface area contributed by atoms with Gasteiger partial charge >= 0.3 is 0 Å². The van der Waals surface area contributed by atoms with Crippen LogP contribution < -0.4 is 38.3 Å². The number of hydrogen-bond donors (Lipinski definition) is 2. The molecule has 0 spiro atoms. The van der Waals surface area contributed by atoms with Gasteiger partial charge in [0.1, 0.15) is 160 Å². The number of nitrogens with two attached hydrogens (primary N) is 1. The summed E-state index contributed by atoms with van der Waals surface area (Å²) in [7, 11) is 0. The van der Waals surface area contributed by atoms with E-state index in [1.54, 1.807) is 62.4 Å². The fourth-order valence-electron chi connectivity index (χ4n) is 15.8. The van der Waals surface area contributed by atoms with Crippen molar-refractivity contribution >= 4 is 97.7 Å². The lowest BCUT2D eigenvalue weighted by molar-refractivity contribution is 0.0389. The van der Waals surface area contributed by atoms with E-state index in [2.05, 4.69) is 41.9 Å². The second-order valence-electron chi connectivity index (χ2n) is 32.1. The Labute approximate surface area is 808 Å². The molecule has 6 atom stereocenters. The van der Waals surface area contributed by atoms with Crippen molar-refractivity contribution < 1.29 is 75.9 Å². The molecule has 0 fully saturated rings. The molecule has 6 aromatic heterocycles. The van der Waals surface area contributed by atoms with Crippen molar-refractivity contribution in [3.63, 3.8) is 0 Å². The Balaban J connectivity index is 0.000000134. The quantitative estimate of drug-likeness (QED) is 0.0282. The van der Waals surface area contributed by atoms with Gasteiger partial charge in [0.2, 0.25) is 32.6 Å². The first-order chi connectivity index (χ1) is 67.3. The number of azide groups is 1. The predicted molar refractivity (Wildman–Crippen MR) is 532 cm³/mol. The summed E-state index contributed by atoms with van der Waals surface area (Å²) in [5.41, 5.74) is 18.5. The molecule has 29 heteroatoms. The highest BCUT2D eigenvalue weighted by molar-refractivity contribution is 9.09. The molecule has 3 N–H and O–H groups in total. The third-order valence-corrected chi connectivity index (χ3v) is 23.8. The second-order valence-corrected chi connectivity index (χ2v) is 34.5. The van der Waals surface area contributed by atoms with E-state index in [-0.39, 0.29) is 138 Å². The molecule has 19 aromatic rings. The molecule has 0 aliphatic heterocycles. The molecule has 19 rings (SSSR count). The number of hydrogen-bond acceptors (Lipinski definition) is 16. The minimum Gasteiger partial charge on any atom is -0.460 e. The third-order valence-electron chi connectivity index (χ3n) is 22.4. The number of halogens is 11. The standard InChI is InChI=1S/C25H22O3.C18H13BrF2O2.C17H11BrF2O2.C17H11F2N3O2.C17H13F2NO2.C17H13FO3/c1-17-10-9-15-21-22(17)24(26)23(20-13-7-4-8-14-20)25(28-21)18(2)27-16-19-11-5-3-6-12-19;1-2-12(19)18-15(10-5-3-6-11(20)9-10)17(22)16-13(21)7-4-8-14(16)23-18;1-9(18)17-14(10-5-2-3-6-11(10)19)16(21)15-12(20)7-4-8-13(15)22-17;1-9(21-22-20)17-14(10-4-2-5-11(18)8-10)16(23)15-12(19)6-3-7-13(15)24-17;1-9(20)17-14(10-4-2-5-11(18)8-10)16(21)15-12(19)6-3-7-13(15)22-17;1-10(19)17-14(11-6-3-2-4-7-11)16(20)15-12(18)8-5-9-13(15)21-17/h3-15,18H,16H2,1-2H3;3-9,12H,2H2,1H3;2-9H,1H3;2-9H,1H3;2-9H,20H2,1H3;2-10,19H,1H3. The van der Waals surface area contributed by atoms with Crippen molar-refractivity contribution in [1.29, 1.82) is 0 Å². The summed E-state index contributed by atoms with van der Waals surface area (Å²) in [6.45, 7) is 12.7. The fourth-order valence-corrected chi connectivity index (χ4v) is 16.5. The van der Waals surface area contributed by atoms with E-state index < -0.39 is 97.7 Å². The number of alkyl halides is 2. The minimum atomic E-state index is -0.972. The molecule has 708 valence electrons. The average Bonchev–Trinajstić information content (AvgIpc) is 0.799. The van der Waals surface area contributed by atoms with Gasteiger partial charge in [0.15, 0.2) is 0 Å². The highest BCUT2D eigenvalue weighted by atomic mass is 79.9. The maximum atomic E-state index is 14.1. The lowest BCUT2D eigenvalue weighted by Crippen LogP contribution is -2.15. The van der Waals surface area contributed by atoms with E-state index in [0.29, 0.717) is 57.8 Å². The largest absolute Gasteiger partial charge is 0.460 e. The van der Waals surface area contributed by atoms with E-state index >= 15 is 0 Å². The normalized spacial score (nSPS) is 12.4. The minimum absolute atomic E-state index is 0.0179. The smallest absolute Gasteiger partial charge is 0.203 e. The Morgan fingerprint density at radius 3 is 1.06 bits per heavy atom. The molecular formula is C111H83Br2F9N4O14. The first-order valence-corrected chi connectivity index (χ1v) is 45.5. The molecule has 0 saturated carbocycles. The Kier molecular flexibility index (Phi) is 32.2. The number of nitrogens with zero attached hydrogens (tertiary/aromatic N) is 3. The van der Waals surface area contributed by atoms with Gasteiger partial charge in [-0.25, -0.2) is 39.5 Å². The summed E-state index contributed by atoms with van der Waals surface area (Å²) in [4.78, 5) is 79.4. The summed E-state index contributed by atoms with van der Waals surface area (Å²) >= 11 is 6.81. The van der Waals surface area contributed by atoms with Gasteiger partial charge in [-0.05, 0) is 202 Å². The first kappa shape index (κ1) is 101. The maximum absolute atomic E-state index is 14.1. The van der Waals surface area contributed by atoms with E-state index in [1.165, 1.54) is 166 Å². The SMILES string of the molecule is CC(Br)c1oc2cccc(F)c2c(=O)c1-c1ccccc1F.CC(N)c1oc2cccc(F)c2c(=O)c1-c1cccc(F)c1.CC(N=[N+]=[N-])c1oc2cccc(F)c2c(=O)c1-c1cccc(F)c1.CC(O)c1oc2cccc(F)c2c(=O)c1-c1ccccc1.CCC(Br)c1oc2cccc(F)c2c(=O)c1-c1cccc(F)c1.Cc1cccc2oc(C(C)OCc3ccccc3)c(-c3ccccc3)c(=O)c12. The second kappa shape index (κ2) is 44.8. The lowest BCUT2D eigenvalue weighted by atomic mass is 9.98. The predicted octanol–water partition coefficient (Wildman–Crippen LogP) is 29.3. The lowest BCUT2D eigenvalue weighted by Gasteiger charge is -2.17. The van der Waals surface area contributed by atoms with Crippen LogP contribution in [0, 0.1) is 59.3 Å². The van der Waals surface area contributed by atoms with Gasteiger partial charge in [-0.2, -0.15) is 0 Å². The molecule has 0 amide bonds. The fraction of sp³-hybridized carbons (Fsp3) is 0.135. The van der Waals surface area contributed by atoms with Crippen molar-refractivity contribution in [3.8, 4) is 66.8 Å². The molecular weight excluding hydrogens is 1940 g/mol. The molecule has 18 nitrogen and oxygen atoms in total. The van der Waals surface area contributed by atoms with Crippen LogP contribution in [0.5, 0.6) is 0 Å². The van der Waals surface area contributed by atoms with E-state index in [4.69, 9.17) is 42.5 Å². The number of ether oxygens (including phenoxy) is 1. The van der Waals surface area contributed by atoms with Crippen LogP contribution in [0.25, 0.3) is 143 Å². The van der Waals surface area contributed by atoms with Crippen LogP contribution in [0.1, 0.15) is 128 Å². The summed E-state index contributed by atoms with van der Waals surface area (Å²) in [6, 6.07) is 75.8. The molecule has 0 aliphatic carbocycles. The van der Waals surface area contributed by atoms with E-state index in [1.807, 2.05) is 106 Å². The molecule has 6 unspecified atom stereocenters. The number of aliphatic hydroxyl groups excluding tert-OH is 1.